The number of aryl methyl sites for hydroxylation is 2. The Bertz CT molecular complexity index is 425. The van der Waals surface area contributed by atoms with Crippen molar-refractivity contribution in [2.24, 2.45) is 0 Å². The van der Waals surface area contributed by atoms with Crippen LogP contribution in [-0.4, -0.2) is 0 Å². The Labute approximate surface area is 99.0 Å². The van der Waals surface area contributed by atoms with E-state index < -0.39 is 0 Å². The minimum Gasteiger partial charge on any atom is -0.0991 e. The van der Waals surface area contributed by atoms with E-state index in [1.54, 1.807) is 0 Å². The van der Waals surface area contributed by atoms with Crippen LogP contribution in [0, 0.1) is 13.8 Å². The molecule has 0 saturated carbocycles. The average Bonchev–Trinajstić information content (AvgIpc) is 2.25. The van der Waals surface area contributed by atoms with E-state index in [2.05, 4.69) is 58.5 Å². The first-order valence-electron chi connectivity index (χ1n) is 5.61. The van der Waals surface area contributed by atoms with Crippen molar-refractivity contribution in [3.63, 3.8) is 0 Å². The minimum atomic E-state index is 1.29. The van der Waals surface area contributed by atoms with Crippen LogP contribution in [-0.2, 0) is 0 Å². The first-order chi connectivity index (χ1) is 7.57. The van der Waals surface area contributed by atoms with Crippen LogP contribution in [0.3, 0.4) is 0 Å². The van der Waals surface area contributed by atoms with Crippen LogP contribution >= 0.6 is 0 Å². The van der Waals surface area contributed by atoms with Crippen LogP contribution < -0.4 is 0 Å². The van der Waals surface area contributed by atoms with Crippen molar-refractivity contribution in [1.82, 2.24) is 0 Å². The van der Waals surface area contributed by atoms with Crippen molar-refractivity contribution < 1.29 is 0 Å². The molecule has 1 aromatic rings. The van der Waals surface area contributed by atoms with E-state index in [1.165, 1.54) is 27.8 Å². The first-order valence-corrected chi connectivity index (χ1v) is 5.61. The minimum absolute atomic E-state index is 1.29. The van der Waals surface area contributed by atoms with Gasteiger partial charge in [-0.3, -0.25) is 0 Å². The Morgan fingerprint density at radius 3 is 2.19 bits per heavy atom. The maximum Gasteiger partial charge on any atom is -0.0166 e. The number of benzene rings is 1. The molecule has 0 nitrogen and oxygen atoms in total. The molecule has 84 valence electrons. The first kappa shape index (κ1) is 12.5. The van der Waals surface area contributed by atoms with Gasteiger partial charge in [0.15, 0.2) is 0 Å². The molecule has 1 rings (SSSR count). The van der Waals surface area contributed by atoms with Crippen molar-refractivity contribution in [1.29, 1.82) is 0 Å². The zero-order chi connectivity index (χ0) is 12.1. The van der Waals surface area contributed by atoms with Gasteiger partial charge in [0.25, 0.3) is 0 Å². The zero-order valence-corrected chi connectivity index (χ0v) is 10.7. The Morgan fingerprint density at radius 2 is 1.69 bits per heavy atom. The van der Waals surface area contributed by atoms with E-state index in [-0.39, 0.29) is 0 Å². The second-order valence-electron chi connectivity index (χ2n) is 4.17. The second kappa shape index (κ2) is 5.50. The van der Waals surface area contributed by atoms with Crippen molar-refractivity contribution in [2.75, 3.05) is 0 Å². The molecule has 0 heteroatoms. The lowest BCUT2D eigenvalue weighted by atomic mass is 9.93. The Balaban J connectivity index is 3.28. The molecule has 0 aromatic heterocycles. The third-order valence-electron chi connectivity index (χ3n) is 2.93. The summed E-state index contributed by atoms with van der Waals surface area (Å²) in [7, 11) is 0. The van der Waals surface area contributed by atoms with Gasteiger partial charge in [0.05, 0.1) is 0 Å². The molecule has 0 heterocycles. The van der Waals surface area contributed by atoms with Gasteiger partial charge in [-0.05, 0) is 55.5 Å². The maximum atomic E-state index is 3.69. The lowest BCUT2D eigenvalue weighted by Crippen LogP contribution is -1.92. The number of hydrogen-bond donors (Lipinski definition) is 0. The molecule has 0 unspecified atom stereocenters. The standard InChI is InChI=1S/C16H20/c1-6-7-9-12(2)15(5)16-13(3)10-8-11-14(16)4/h6-11H,1H2,2-5H3/b9-7-,15-12+. The molecular formula is C16H20. The van der Waals surface area contributed by atoms with Crippen LogP contribution in [0.25, 0.3) is 5.57 Å². The summed E-state index contributed by atoms with van der Waals surface area (Å²) in [5.74, 6) is 0. The van der Waals surface area contributed by atoms with E-state index in [9.17, 15) is 0 Å². The summed E-state index contributed by atoms with van der Waals surface area (Å²) >= 11 is 0. The Morgan fingerprint density at radius 1 is 1.12 bits per heavy atom. The van der Waals surface area contributed by atoms with Gasteiger partial charge >= 0.3 is 0 Å². The molecule has 0 aliphatic rings. The highest BCUT2D eigenvalue weighted by Gasteiger charge is 2.05. The Hall–Kier alpha value is -1.56. The van der Waals surface area contributed by atoms with Crippen molar-refractivity contribution >= 4 is 5.57 Å². The lowest BCUT2D eigenvalue weighted by Gasteiger charge is -2.12. The fourth-order valence-corrected chi connectivity index (χ4v) is 1.94. The smallest absolute Gasteiger partial charge is 0.0166 e. The van der Waals surface area contributed by atoms with Crippen LogP contribution in [0.5, 0.6) is 0 Å². The Kier molecular flexibility index (Phi) is 4.30. The van der Waals surface area contributed by atoms with Gasteiger partial charge in [0.1, 0.15) is 0 Å². The topological polar surface area (TPSA) is 0 Å². The monoisotopic (exact) mass is 212 g/mol. The highest BCUT2D eigenvalue weighted by Crippen LogP contribution is 2.25. The van der Waals surface area contributed by atoms with Crippen LogP contribution in [0.4, 0.5) is 0 Å². The summed E-state index contributed by atoms with van der Waals surface area (Å²) < 4.78 is 0. The van der Waals surface area contributed by atoms with E-state index in [4.69, 9.17) is 0 Å². The fourth-order valence-electron chi connectivity index (χ4n) is 1.94. The maximum absolute atomic E-state index is 3.69. The van der Waals surface area contributed by atoms with E-state index in [0.29, 0.717) is 0 Å². The van der Waals surface area contributed by atoms with Crippen molar-refractivity contribution in [3.05, 3.63) is 65.3 Å². The SMILES string of the molecule is C=C/C=C\C(C)=C(/C)c1c(C)cccc1C. The molecule has 0 N–H and O–H groups in total. The van der Waals surface area contributed by atoms with Crippen LogP contribution in [0.2, 0.25) is 0 Å². The number of allylic oxidation sites excluding steroid dienone is 5. The van der Waals surface area contributed by atoms with Gasteiger partial charge in [-0.15, -0.1) is 0 Å². The van der Waals surface area contributed by atoms with Crippen molar-refractivity contribution in [2.45, 2.75) is 27.7 Å². The van der Waals surface area contributed by atoms with Crippen molar-refractivity contribution in [3.8, 4) is 0 Å². The summed E-state index contributed by atoms with van der Waals surface area (Å²) in [5, 5.41) is 0. The lowest BCUT2D eigenvalue weighted by molar-refractivity contribution is 1.31. The molecule has 0 fully saturated rings. The molecule has 1 aromatic carbocycles. The van der Waals surface area contributed by atoms with Crippen LogP contribution in [0.1, 0.15) is 30.5 Å². The third-order valence-corrected chi connectivity index (χ3v) is 2.93. The van der Waals surface area contributed by atoms with Gasteiger partial charge in [-0.25, -0.2) is 0 Å². The van der Waals surface area contributed by atoms with Gasteiger partial charge in [0, 0.05) is 0 Å². The molecule has 0 radical (unpaired) electrons. The fraction of sp³-hybridized carbons (Fsp3) is 0.250. The largest absolute Gasteiger partial charge is 0.0991 e. The zero-order valence-electron chi connectivity index (χ0n) is 10.7. The van der Waals surface area contributed by atoms with Gasteiger partial charge < -0.3 is 0 Å². The molecule has 0 amide bonds. The third kappa shape index (κ3) is 2.73. The van der Waals surface area contributed by atoms with Crippen LogP contribution in [0.15, 0.2) is 48.6 Å². The van der Waals surface area contributed by atoms with Gasteiger partial charge in [-0.2, -0.15) is 0 Å². The second-order valence-corrected chi connectivity index (χ2v) is 4.17. The highest BCUT2D eigenvalue weighted by atomic mass is 14.1. The molecule has 0 spiro atoms. The molecule has 16 heavy (non-hydrogen) atoms. The van der Waals surface area contributed by atoms with E-state index in [0.717, 1.165) is 0 Å². The number of hydrogen-bond acceptors (Lipinski definition) is 0. The molecule has 0 bridgehead atoms. The normalized spacial score (nSPS) is 12.8. The summed E-state index contributed by atoms with van der Waals surface area (Å²) in [4.78, 5) is 0. The summed E-state index contributed by atoms with van der Waals surface area (Å²) in [5.41, 5.74) is 6.67. The quantitative estimate of drug-likeness (QED) is 0.629. The van der Waals surface area contributed by atoms with Gasteiger partial charge in [-0.1, -0.05) is 43.0 Å². The highest BCUT2D eigenvalue weighted by molar-refractivity contribution is 5.73. The predicted molar refractivity (Wildman–Crippen MR) is 73.5 cm³/mol. The molecule has 0 atom stereocenters. The average molecular weight is 212 g/mol. The van der Waals surface area contributed by atoms with E-state index in [1.807, 2.05) is 12.2 Å². The molecule has 0 saturated heterocycles. The van der Waals surface area contributed by atoms with Gasteiger partial charge in [0.2, 0.25) is 0 Å². The molecule has 0 aliphatic carbocycles. The summed E-state index contributed by atoms with van der Waals surface area (Å²) in [6.07, 6.45) is 5.89. The molecular weight excluding hydrogens is 192 g/mol. The summed E-state index contributed by atoms with van der Waals surface area (Å²) in [6, 6.07) is 6.43. The number of rotatable bonds is 3. The summed E-state index contributed by atoms with van der Waals surface area (Å²) in [6.45, 7) is 12.3. The van der Waals surface area contributed by atoms with E-state index >= 15 is 0 Å². The predicted octanol–water partition coefficient (Wildman–Crippen LogP) is 4.84. The molecule has 0 aliphatic heterocycles.